The van der Waals surface area contributed by atoms with Crippen LogP contribution in [-0.4, -0.2) is 78.0 Å². The number of likely N-dealkylation sites (tertiary alicyclic amines) is 1. The summed E-state index contributed by atoms with van der Waals surface area (Å²) in [4.78, 5) is 28.4. The number of piperidine rings is 1. The Bertz CT molecular complexity index is 1450. The highest BCUT2D eigenvalue weighted by molar-refractivity contribution is 6.35. The van der Waals surface area contributed by atoms with Gasteiger partial charge in [0.15, 0.2) is 0 Å². The van der Waals surface area contributed by atoms with Crippen molar-refractivity contribution >= 4 is 34.9 Å². The van der Waals surface area contributed by atoms with Gasteiger partial charge in [-0.05, 0) is 98.5 Å². The van der Waals surface area contributed by atoms with Gasteiger partial charge in [-0.3, -0.25) is 14.6 Å². The van der Waals surface area contributed by atoms with Crippen LogP contribution in [0.25, 0.3) is 11.3 Å². The average molecular weight is 652 g/mol. The van der Waals surface area contributed by atoms with Crippen molar-refractivity contribution in [1.29, 1.82) is 0 Å². The van der Waals surface area contributed by atoms with E-state index in [1.807, 2.05) is 30.3 Å². The minimum Gasteiger partial charge on any atom is -0.437 e. The third-order valence-electron chi connectivity index (χ3n) is 9.68. The highest BCUT2D eigenvalue weighted by atomic mass is 35.5. The molecule has 0 bridgehead atoms. The Balaban J connectivity index is 1.12. The van der Waals surface area contributed by atoms with Crippen LogP contribution in [0.3, 0.4) is 0 Å². The lowest BCUT2D eigenvalue weighted by atomic mass is 9.96. The summed E-state index contributed by atoms with van der Waals surface area (Å²) in [5.41, 5.74) is 3.29. The van der Waals surface area contributed by atoms with Gasteiger partial charge in [0.25, 0.3) is 0 Å². The van der Waals surface area contributed by atoms with Gasteiger partial charge in [-0.1, -0.05) is 30.1 Å². The third-order valence-corrected chi connectivity index (χ3v) is 10.1. The van der Waals surface area contributed by atoms with E-state index in [1.54, 1.807) is 19.2 Å². The van der Waals surface area contributed by atoms with Gasteiger partial charge in [-0.25, -0.2) is 9.97 Å². The van der Waals surface area contributed by atoms with E-state index in [1.165, 1.54) is 25.8 Å². The molecule has 8 nitrogen and oxygen atoms in total. The van der Waals surface area contributed by atoms with Crippen molar-refractivity contribution in [2.24, 2.45) is 11.3 Å². The topological polar surface area (TPSA) is 73.8 Å². The van der Waals surface area contributed by atoms with E-state index in [2.05, 4.69) is 33.0 Å². The van der Waals surface area contributed by atoms with Crippen LogP contribution < -0.4 is 15.0 Å². The number of hydrogen-bond donors (Lipinski definition) is 1. The number of pyridine rings is 2. The number of halogens is 2. The molecule has 1 amide bonds. The number of amides is 1. The predicted molar refractivity (Wildman–Crippen MR) is 181 cm³/mol. The lowest BCUT2D eigenvalue weighted by Gasteiger charge is -2.37. The molecule has 6 rings (SSSR count). The Hall–Kier alpha value is -2.91. The maximum atomic E-state index is 11.3. The molecule has 1 aliphatic carbocycles. The molecule has 3 aliphatic rings. The first-order valence-corrected chi connectivity index (χ1v) is 17.1. The number of carbonyl (C=O) groups excluding carboxylic acids is 1. The Morgan fingerprint density at radius 3 is 2.33 bits per heavy atom. The van der Waals surface area contributed by atoms with Crippen LogP contribution in [0.5, 0.6) is 11.6 Å². The van der Waals surface area contributed by atoms with Crippen molar-refractivity contribution in [3.05, 3.63) is 64.3 Å². The highest BCUT2D eigenvalue weighted by Gasteiger charge is 2.42. The smallest absolute Gasteiger partial charge is 0.220 e. The standard InChI is InChI=1S/C35H44Cl2N6O2/c1-3-35(8-9-35)24-42-12-14-43(15-13-42)33-5-4-31(22-39-33)45-34-17-27(16-32(40-34)28-18-29(36)20-30(37)19-28)23-41-10-6-26(7-11-41)21-38-25(2)44/h4-5,16-20,22,26H,3,6-15,21,23-24H2,1-2H3,(H,38,44). The van der Waals surface area contributed by atoms with Gasteiger partial charge >= 0.3 is 0 Å². The summed E-state index contributed by atoms with van der Waals surface area (Å²) >= 11 is 12.7. The summed E-state index contributed by atoms with van der Waals surface area (Å²) in [5, 5.41) is 4.09. The van der Waals surface area contributed by atoms with Crippen molar-refractivity contribution in [3.8, 4) is 22.9 Å². The Labute approximate surface area is 277 Å². The van der Waals surface area contributed by atoms with Crippen LogP contribution in [0.4, 0.5) is 5.82 Å². The molecule has 3 aromatic rings. The van der Waals surface area contributed by atoms with E-state index >= 15 is 0 Å². The van der Waals surface area contributed by atoms with Gasteiger partial charge in [0.05, 0.1) is 11.9 Å². The number of ether oxygens (including phenoxy) is 1. The van der Waals surface area contributed by atoms with Crippen LogP contribution in [-0.2, 0) is 11.3 Å². The molecule has 0 unspecified atom stereocenters. The molecule has 2 aromatic heterocycles. The van der Waals surface area contributed by atoms with Gasteiger partial charge < -0.3 is 15.0 Å². The summed E-state index contributed by atoms with van der Waals surface area (Å²) < 4.78 is 6.31. The normalized spacial score (nSPS) is 19.0. The number of anilines is 1. The van der Waals surface area contributed by atoms with Crippen molar-refractivity contribution in [3.63, 3.8) is 0 Å². The lowest BCUT2D eigenvalue weighted by molar-refractivity contribution is -0.119. The molecule has 2 aliphatic heterocycles. The van der Waals surface area contributed by atoms with Crippen LogP contribution in [0.1, 0.15) is 51.5 Å². The Kier molecular flexibility index (Phi) is 10.1. The number of carbonyl (C=O) groups is 1. The van der Waals surface area contributed by atoms with Crippen LogP contribution in [0, 0.1) is 11.3 Å². The largest absolute Gasteiger partial charge is 0.437 e. The number of piperazine rings is 1. The minimum absolute atomic E-state index is 0.0344. The van der Waals surface area contributed by atoms with E-state index in [4.69, 9.17) is 37.9 Å². The van der Waals surface area contributed by atoms with E-state index in [-0.39, 0.29) is 5.91 Å². The molecule has 0 radical (unpaired) electrons. The van der Waals surface area contributed by atoms with E-state index in [0.29, 0.717) is 33.0 Å². The number of aromatic nitrogens is 2. The van der Waals surface area contributed by atoms with Crippen molar-refractivity contribution < 1.29 is 9.53 Å². The molecule has 1 aromatic carbocycles. The molecule has 3 fully saturated rings. The second-order valence-corrected chi connectivity index (χ2v) is 14.0. The number of hydrogen-bond acceptors (Lipinski definition) is 7. The first-order chi connectivity index (χ1) is 21.8. The molecule has 45 heavy (non-hydrogen) atoms. The summed E-state index contributed by atoms with van der Waals surface area (Å²) in [6, 6.07) is 13.6. The third kappa shape index (κ3) is 8.67. The molecular formula is C35H44Cl2N6O2. The molecule has 1 N–H and O–H groups in total. The molecule has 4 heterocycles. The minimum atomic E-state index is 0.0344. The molecule has 240 valence electrons. The van der Waals surface area contributed by atoms with Gasteiger partial charge in [0.2, 0.25) is 11.8 Å². The summed E-state index contributed by atoms with van der Waals surface area (Å²) in [7, 11) is 0. The SMILES string of the molecule is CCC1(CN2CCN(c3ccc(Oc4cc(CN5CCC(CNC(C)=O)CC5)cc(-c5cc(Cl)cc(Cl)c5)n4)cn3)CC2)CC1. The monoisotopic (exact) mass is 650 g/mol. The quantitative estimate of drug-likeness (QED) is 0.242. The van der Waals surface area contributed by atoms with Crippen molar-refractivity contribution in [1.82, 2.24) is 25.1 Å². The fourth-order valence-electron chi connectivity index (χ4n) is 6.60. The molecular weight excluding hydrogens is 607 g/mol. The maximum absolute atomic E-state index is 11.3. The summed E-state index contributed by atoms with van der Waals surface area (Å²) in [6.07, 6.45) is 7.97. The number of nitrogens with zero attached hydrogens (tertiary/aromatic N) is 5. The number of benzene rings is 1. The maximum Gasteiger partial charge on any atom is 0.220 e. The zero-order chi connectivity index (χ0) is 31.4. The zero-order valence-corrected chi connectivity index (χ0v) is 27.9. The Morgan fingerprint density at radius 2 is 1.71 bits per heavy atom. The molecule has 1 saturated carbocycles. The molecule has 0 spiro atoms. The molecule has 10 heteroatoms. The highest BCUT2D eigenvalue weighted by Crippen LogP contribution is 2.49. The molecule has 2 saturated heterocycles. The fourth-order valence-corrected chi connectivity index (χ4v) is 7.12. The second kappa shape index (κ2) is 14.2. The van der Waals surface area contributed by atoms with E-state index in [9.17, 15) is 4.79 Å². The fraction of sp³-hybridized carbons (Fsp3) is 0.514. The summed E-state index contributed by atoms with van der Waals surface area (Å²) in [6.45, 7) is 12.8. The van der Waals surface area contributed by atoms with Gasteiger partial charge in [0.1, 0.15) is 11.6 Å². The van der Waals surface area contributed by atoms with Gasteiger partial charge in [-0.2, -0.15) is 0 Å². The van der Waals surface area contributed by atoms with E-state index < -0.39 is 0 Å². The van der Waals surface area contributed by atoms with Gasteiger partial charge in [0, 0.05) is 74.4 Å². The van der Waals surface area contributed by atoms with Crippen LogP contribution in [0.15, 0.2) is 48.7 Å². The zero-order valence-electron chi connectivity index (χ0n) is 26.4. The first kappa shape index (κ1) is 32.0. The second-order valence-electron chi connectivity index (χ2n) is 13.1. The summed E-state index contributed by atoms with van der Waals surface area (Å²) in [5.74, 6) is 2.69. The van der Waals surface area contributed by atoms with Gasteiger partial charge in [-0.15, -0.1) is 0 Å². The van der Waals surface area contributed by atoms with Crippen LogP contribution in [0.2, 0.25) is 10.0 Å². The van der Waals surface area contributed by atoms with Crippen molar-refractivity contribution in [2.75, 3.05) is 57.3 Å². The number of rotatable bonds is 11. The number of nitrogens with one attached hydrogen (secondary N) is 1. The Morgan fingerprint density at radius 1 is 0.978 bits per heavy atom. The molecule has 0 atom stereocenters. The van der Waals surface area contributed by atoms with Crippen molar-refractivity contribution in [2.45, 2.75) is 52.5 Å². The first-order valence-electron chi connectivity index (χ1n) is 16.3. The van der Waals surface area contributed by atoms with E-state index in [0.717, 1.165) is 87.8 Å². The van der Waals surface area contributed by atoms with Crippen LogP contribution >= 0.6 is 23.2 Å². The average Bonchev–Trinajstić information content (AvgIpc) is 3.81. The lowest BCUT2D eigenvalue weighted by Crippen LogP contribution is -2.48. The predicted octanol–water partition coefficient (Wildman–Crippen LogP) is 6.90.